The van der Waals surface area contributed by atoms with Crippen molar-refractivity contribution in [2.75, 3.05) is 26.0 Å². The summed E-state index contributed by atoms with van der Waals surface area (Å²) in [5.74, 6) is -0.277. The molecule has 76 valence electrons. The van der Waals surface area contributed by atoms with Crippen molar-refractivity contribution in [1.82, 2.24) is 9.80 Å². The normalized spacial score (nSPS) is 17.1. The lowest BCUT2D eigenvalue weighted by Crippen LogP contribution is -2.24. The van der Waals surface area contributed by atoms with Crippen LogP contribution in [-0.4, -0.2) is 48.8 Å². The van der Waals surface area contributed by atoms with Gasteiger partial charge < -0.3 is 14.4 Å². The van der Waals surface area contributed by atoms with Gasteiger partial charge in [0, 0.05) is 31.7 Å². The van der Waals surface area contributed by atoms with E-state index in [0.717, 1.165) is 6.67 Å². The van der Waals surface area contributed by atoms with Gasteiger partial charge >= 0.3 is 0 Å². The maximum atomic E-state index is 10.3. The molecule has 0 aromatic heterocycles. The number of hydrogen-bond donors (Lipinski definition) is 0. The minimum Gasteiger partial charge on any atom is -0.748 e. The van der Waals surface area contributed by atoms with Gasteiger partial charge in [-0.05, 0) is 6.42 Å². The second kappa shape index (κ2) is 3.97. The molecule has 0 saturated carbocycles. The first kappa shape index (κ1) is 10.3. The summed E-state index contributed by atoms with van der Waals surface area (Å²) in [4.78, 5) is 3.94. The van der Waals surface area contributed by atoms with E-state index in [4.69, 9.17) is 0 Å². The zero-order valence-electron chi connectivity index (χ0n) is 7.51. The molecule has 0 spiro atoms. The van der Waals surface area contributed by atoms with Gasteiger partial charge in [0.05, 0.1) is 16.8 Å². The Labute approximate surface area is 78.4 Å². The Balaban J connectivity index is 2.18. The Morgan fingerprint density at radius 1 is 1.46 bits per heavy atom. The van der Waals surface area contributed by atoms with Crippen LogP contribution in [-0.2, 0) is 10.1 Å². The average molecular weight is 205 g/mol. The fourth-order valence-electron chi connectivity index (χ4n) is 1.18. The van der Waals surface area contributed by atoms with Gasteiger partial charge in [0.2, 0.25) is 0 Å². The van der Waals surface area contributed by atoms with Crippen molar-refractivity contribution < 1.29 is 13.0 Å². The molecule has 0 aromatic rings. The molecule has 0 aliphatic carbocycles. The molecule has 0 fully saturated rings. The van der Waals surface area contributed by atoms with Crippen molar-refractivity contribution in [2.45, 2.75) is 6.42 Å². The van der Waals surface area contributed by atoms with Gasteiger partial charge in [0.1, 0.15) is 0 Å². The van der Waals surface area contributed by atoms with Gasteiger partial charge in [-0.3, -0.25) is 0 Å². The summed E-state index contributed by atoms with van der Waals surface area (Å²) >= 11 is 0. The molecule has 1 rings (SSSR count). The van der Waals surface area contributed by atoms with Crippen molar-refractivity contribution in [3.05, 3.63) is 12.4 Å². The first-order chi connectivity index (χ1) is 5.97. The van der Waals surface area contributed by atoms with E-state index in [1.54, 1.807) is 0 Å². The molecular formula is C7H13N2O3S-. The van der Waals surface area contributed by atoms with Crippen molar-refractivity contribution in [1.29, 1.82) is 0 Å². The average Bonchev–Trinajstić information content (AvgIpc) is 2.33. The zero-order valence-corrected chi connectivity index (χ0v) is 8.33. The van der Waals surface area contributed by atoms with E-state index in [0.29, 0.717) is 13.0 Å². The Hall–Kier alpha value is -0.750. The molecule has 0 radical (unpaired) electrons. The smallest absolute Gasteiger partial charge is 0.0946 e. The van der Waals surface area contributed by atoms with E-state index in [1.807, 2.05) is 29.2 Å². The minimum absolute atomic E-state index is 0.277. The van der Waals surface area contributed by atoms with Crippen LogP contribution in [0.25, 0.3) is 0 Å². The molecule has 0 bridgehead atoms. The molecule has 6 heteroatoms. The summed E-state index contributed by atoms with van der Waals surface area (Å²) in [7, 11) is -2.11. The SMILES string of the molecule is CN1C=CN(CCCS(=O)(=O)[O-])C1. The standard InChI is InChI=1S/C7H14N2O3S/c1-8-4-5-9(7-8)3-2-6-13(10,11)12/h4-5H,2-3,6-7H2,1H3,(H,10,11,12)/p-1. The van der Waals surface area contributed by atoms with Crippen LogP contribution in [0.1, 0.15) is 6.42 Å². The van der Waals surface area contributed by atoms with E-state index in [-0.39, 0.29) is 5.75 Å². The second-order valence-corrected chi connectivity index (χ2v) is 4.65. The fraction of sp³-hybridized carbons (Fsp3) is 0.714. The third-order valence-corrected chi connectivity index (χ3v) is 2.57. The lowest BCUT2D eigenvalue weighted by molar-refractivity contribution is 0.296. The molecular weight excluding hydrogens is 192 g/mol. The van der Waals surface area contributed by atoms with Gasteiger partial charge in [0.25, 0.3) is 0 Å². The van der Waals surface area contributed by atoms with Gasteiger partial charge in [-0.15, -0.1) is 0 Å². The van der Waals surface area contributed by atoms with Crippen molar-refractivity contribution in [3.8, 4) is 0 Å². The molecule has 0 aromatic carbocycles. The molecule has 5 nitrogen and oxygen atoms in total. The van der Waals surface area contributed by atoms with E-state index < -0.39 is 10.1 Å². The highest BCUT2D eigenvalue weighted by Crippen LogP contribution is 2.04. The summed E-state index contributed by atoms with van der Waals surface area (Å²) in [6.07, 6.45) is 4.19. The summed E-state index contributed by atoms with van der Waals surface area (Å²) in [6, 6.07) is 0. The van der Waals surface area contributed by atoms with Crippen LogP contribution in [0.4, 0.5) is 0 Å². The highest BCUT2D eigenvalue weighted by Gasteiger charge is 2.07. The predicted octanol–water partition coefficient (Wildman–Crippen LogP) is -0.402. The molecule has 0 atom stereocenters. The molecule has 0 saturated heterocycles. The highest BCUT2D eigenvalue weighted by molar-refractivity contribution is 7.85. The first-order valence-electron chi connectivity index (χ1n) is 4.03. The molecule has 1 aliphatic heterocycles. The maximum absolute atomic E-state index is 10.3. The van der Waals surface area contributed by atoms with E-state index in [2.05, 4.69) is 0 Å². The van der Waals surface area contributed by atoms with Crippen LogP contribution in [0.15, 0.2) is 12.4 Å². The third-order valence-electron chi connectivity index (χ3n) is 1.78. The lowest BCUT2D eigenvalue weighted by Gasteiger charge is -2.18. The largest absolute Gasteiger partial charge is 0.748 e. The van der Waals surface area contributed by atoms with Crippen molar-refractivity contribution in [3.63, 3.8) is 0 Å². The van der Waals surface area contributed by atoms with Crippen LogP contribution >= 0.6 is 0 Å². The molecule has 13 heavy (non-hydrogen) atoms. The number of rotatable bonds is 4. The fourth-order valence-corrected chi connectivity index (χ4v) is 1.66. The highest BCUT2D eigenvalue weighted by atomic mass is 32.2. The molecule has 0 N–H and O–H groups in total. The molecule has 0 unspecified atom stereocenters. The topological polar surface area (TPSA) is 63.7 Å². The van der Waals surface area contributed by atoms with E-state index >= 15 is 0 Å². The summed E-state index contributed by atoms with van der Waals surface area (Å²) in [5, 5.41) is 0. The minimum atomic E-state index is -4.04. The van der Waals surface area contributed by atoms with Crippen LogP contribution in [0.3, 0.4) is 0 Å². The Morgan fingerprint density at radius 3 is 2.62 bits per heavy atom. The van der Waals surface area contributed by atoms with Crippen molar-refractivity contribution in [2.24, 2.45) is 0 Å². The molecule has 1 heterocycles. The summed E-state index contributed by atoms with van der Waals surface area (Å²) in [6.45, 7) is 1.38. The van der Waals surface area contributed by atoms with Crippen LogP contribution < -0.4 is 0 Å². The summed E-state index contributed by atoms with van der Waals surface area (Å²) in [5.41, 5.74) is 0. The van der Waals surface area contributed by atoms with E-state index in [1.165, 1.54) is 0 Å². The van der Waals surface area contributed by atoms with Crippen LogP contribution in [0.5, 0.6) is 0 Å². The lowest BCUT2D eigenvalue weighted by atomic mass is 10.4. The number of hydrogen-bond acceptors (Lipinski definition) is 5. The monoisotopic (exact) mass is 205 g/mol. The predicted molar refractivity (Wildman–Crippen MR) is 47.7 cm³/mol. The van der Waals surface area contributed by atoms with Gasteiger partial charge in [0.15, 0.2) is 0 Å². The van der Waals surface area contributed by atoms with E-state index in [9.17, 15) is 13.0 Å². The van der Waals surface area contributed by atoms with Crippen molar-refractivity contribution >= 4 is 10.1 Å². The van der Waals surface area contributed by atoms with Gasteiger partial charge in [-0.25, -0.2) is 8.42 Å². The Morgan fingerprint density at radius 2 is 2.15 bits per heavy atom. The first-order valence-corrected chi connectivity index (χ1v) is 5.61. The summed E-state index contributed by atoms with van der Waals surface area (Å²) < 4.78 is 30.8. The molecule has 0 amide bonds. The van der Waals surface area contributed by atoms with Crippen LogP contribution in [0, 0.1) is 0 Å². The Bertz CT molecular complexity index is 286. The Kier molecular flexibility index (Phi) is 3.16. The van der Waals surface area contributed by atoms with Crippen LogP contribution in [0.2, 0.25) is 0 Å². The van der Waals surface area contributed by atoms with Gasteiger partial charge in [-0.2, -0.15) is 0 Å². The zero-order chi connectivity index (χ0) is 9.90. The second-order valence-electron chi connectivity index (χ2n) is 3.12. The number of nitrogens with zero attached hydrogens (tertiary/aromatic N) is 2. The third kappa shape index (κ3) is 4.14. The maximum Gasteiger partial charge on any atom is 0.0946 e. The quantitative estimate of drug-likeness (QED) is 0.584. The van der Waals surface area contributed by atoms with Gasteiger partial charge in [-0.1, -0.05) is 0 Å². The molecule has 1 aliphatic rings.